The Morgan fingerprint density at radius 3 is 1.62 bits per heavy atom. The molecule has 0 saturated carbocycles. The van der Waals surface area contributed by atoms with Gasteiger partial charge in [-0.25, -0.2) is 4.98 Å². The minimum Gasteiger partial charge on any atom is -0.457 e. The van der Waals surface area contributed by atoms with Gasteiger partial charge in [0.2, 0.25) is 5.95 Å². The summed E-state index contributed by atoms with van der Waals surface area (Å²) < 4.78 is 196. The molecule has 3 heterocycles. The highest BCUT2D eigenvalue weighted by molar-refractivity contribution is 7.20. The SMILES string of the molecule is [2H]c1c([2H])c([2H])c2c(c1[2H])-c1c([2H])c([2H])c([2H])c([2H])c1C2c1nc(-c2c([2H])c([2H])c([2H])c([Si](c3ccccc3)(c3ccccc3)c3ccc4c(c3)C3(c5ccccc5Oc5ccccc53)c3ccccc3-4)c2[2H])nc(-n2c3c([2H])c([2H])c([2H])c([2H])c3c3c([2H])c([2H])c([2H])c([2H])c32)n1. The van der Waals surface area contributed by atoms with Gasteiger partial charge < -0.3 is 4.74 Å². The van der Waals surface area contributed by atoms with Crippen molar-refractivity contribution < 1.29 is 32.2 Å². The van der Waals surface area contributed by atoms with Crippen LogP contribution in [-0.2, 0) is 5.41 Å². The summed E-state index contributed by atoms with van der Waals surface area (Å²) in [5.74, 6) is -2.50. The molecule has 0 N–H and O–H groups in total. The zero-order chi connectivity index (χ0) is 68.1. The lowest BCUT2D eigenvalue weighted by Crippen LogP contribution is -2.74. The van der Waals surface area contributed by atoms with Crippen LogP contribution in [0.5, 0.6) is 11.5 Å². The van der Waals surface area contributed by atoms with E-state index in [1.54, 1.807) is 0 Å². The Labute approximate surface area is 475 Å². The van der Waals surface area contributed by atoms with Crippen LogP contribution < -0.4 is 25.5 Å². The Morgan fingerprint density at radius 1 is 0.429 bits per heavy atom. The minimum absolute atomic E-state index is 0.0263. The highest BCUT2D eigenvalue weighted by atomic mass is 28.3. The molecule has 1 aliphatic heterocycles. The third kappa shape index (κ3) is 6.19. The molecule has 1 spiro atoms. The van der Waals surface area contributed by atoms with Crippen LogP contribution in [0.25, 0.3) is 61.4 Å². The fourth-order valence-corrected chi connectivity index (χ4v) is 16.8. The summed E-state index contributed by atoms with van der Waals surface area (Å²) in [5.41, 5.74) is 1.59. The molecule has 3 aliphatic rings. The van der Waals surface area contributed by atoms with E-state index in [4.69, 9.17) is 30.7 Å². The predicted molar refractivity (Wildman–Crippen MR) is 313 cm³/mol. The van der Waals surface area contributed by atoms with Crippen molar-refractivity contribution in [3.05, 3.63) is 312 Å². The van der Waals surface area contributed by atoms with Gasteiger partial charge in [0.1, 0.15) is 17.3 Å². The van der Waals surface area contributed by atoms with E-state index >= 15 is 0 Å². The Hall–Kier alpha value is -9.75. The number of benzene rings is 11. The summed E-state index contributed by atoms with van der Waals surface area (Å²) in [6.45, 7) is 0. The number of hydrogen-bond acceptors (Lipinski definition) is 4. The highest BCUT2D eigenvalue weighted by Crippen LogP contribution is 2.62. The zero-order valence-electron chi connectivity index (χ0n) is 60.2. The molecule has 11 aromatic carbocycles. The summed E-state index contributed by atoms with van der Waals surface area (Å²) in [6, 6.07) is 34.2. The number of nitrogens with zero attached hydrogens (tertiary/aromatic N) is 4. The van der Waals surface area contributed by atoms with Crippen molar-refractivity contribution in [1.82, 2.24) is 19.5 Å². The molecule has 6 heteroatoms. The van der Waals surface area contributed by atoms with Gasteiger partial charge in [0, 0.05) is 27.5 Å². The monoisotopic (exact) mass is 1020 g/mol. The average Bonchev–Trinajstić information content (AvgIpc) is 1.15. The minimum atomic E-state index is -4.42. The molecule has 0 radical (unpaired) electrons. The molecule has 2 aromatic heterocycles. The van der Waals surface area contributed by atoms with Crippen LogP contribution in [0, 0.1) is 0 Å². The molecule has 16 rings (SSSR count). The molecule has 0 unspecified atom stereocenters. The van der Waals surface area contributed by atoms with Crippen molar-refractivity contribution in [2.24, 2.45) is 0 Å². The lowest BCUT2D eigenvalue weighted by molar-refractivity contribution is 0.436. The molecule has 13 aromatic rings. The summed E-state index contributed by atoms with van der Waals surface area (Å²) in [4.78, 5) is 14.9. The van der Waals surface area contributed by atoms with Gasteiger partial charge in [0.05, 0.1) is 49.8 Å². The molecule has 0 fully saturated rings. The van der Waals surface area contributed by atoms with E-state index in [1.165, 1.54) is 0 Å². The van der Waals surface area contributed by atoms with Crippen LogP contribution in [0.15, 0.2) is 273 Å². The van der Waals surface area contributed by atoms with Gasteiger partial charge in [0.25, 0.3) is 0 Å². The maximum atomic E-state index is 11.1. The highest BCUT2D eigenvalue weighted by Gasteiger charge is 2.52. The van der Waals surface area contributed by atoms with Gasteiger partial charge in [-0.15, -0.1) is 0 Å². The lowest BCUT2D eigenvalue weighted by Gasteiger charge is -2.40. The van der Waals surface area contributed by atoms with E-state index in [0.717, 1.165) is 37.9 Å². The molecule has 0 atom stereocenters. The predicted octanol–water partition coefficient (Wildman–Crippen LogP) is 13.6. The number of ether oxygens (including phenoxy) is 1. The van der Waals surface area contributed by atoms with E-state index in [1.807, 2.05) is 133 Å². The molecule has 0 bridgehead atoms. The third-order valence-electron chi connectivity index (χ3n) is 15.3. The zero-order valence-corrected chi connectivity index (χ0v) is 41.2. The maximum Gasteiger partial charge on any atom is 0.238 e. The molecule has 77 heavy (non-hydrogen) atoms. The first-order chi connectivity index (χ1) is 46.5. The van der Waals surface area contributed by atoms with E-state index in [0.29, 0.717) is 27.1 Å². The second-order valence-corrected chi connectivity index (χ2v) is 22.7. The lowest BCUT2D eigenvalue weighted by atomic mass is 9.66. The summed E-state index contributed by atoms with van der Waals surface area (Å²) >= 11 is 0. The molecule has 0 saturated heterocycles. The van der Waals surface area contributed by atoms with Crippen LogP contribution in [0.4, 0.5) is 0 Å². The standard InChI is InChI=1S/C71H46N4OSi/c1-3-23-47(24-4-1)77(48-25-5-2-6-26-48,50-42-43-54-53-30-11-14-35-59(53)71(62(54)45-50)60-36-15-19-40-65(60)76-66-41-20-16-37-61(66)71)49-27-21-22-46(44-49)68-72-69(67-57-33-9-7-28-51(57)52-29-8-10-34-58(52)67)74-70(73-68)75-63-38-17-12-31-55(63)56-32-13-18-39-64(56)75/h1-45,67H/i7D,8D,9D,10D,12D,13D,17D,18D,21D,22D,27D,28D,29D,31D,32D,33D,34D,38D,39D,44D. The van der Waals surface area contributed by atoms with Crippen LogP contribution in [0.3, 0.4) is 0 Å². The second-order valence-electron chi connectivity index (χ2n) is 19.0. The molecule has 5 nitrogen and oxygen atoms in total. The van der Waals surface area contributed by atoms with Gasteiger partial charge in [-0.3, -0.25) is 4.57 Å². The van der Waals surface area contributed by atoms with E-state index in [9.17, 15) is 16.4 Å². The van der Waals surface area contributed by atoms with Crippen molar-refractivity contribution in [2.45, 2.75) is 11.3 Å². The summed E-state index contributed by atoms with van der Waals surface area (Å²) in [7, 11) is -4.42. The molecular weight excluding hydrogens is 953 g/mol. The van der Waals surface area contributed by atoms with Crippen molar-refractivity contribution in [2.75, 3.05) is 0 Å². The number of rotatable bonds is 7. The van der Waals surface area contributed by atoms with Crippen LogP contribution in [0.2, 0.25) is 0 Å². The maximum absolute atomic E-state index is 11.1. The number of fused-ring (bicyclic) bond motifs is 15. The summed E-state index contributed by atoms with van der Waals surface area (Å²) in [5, 5.41) is 1.10. The molecule has 360 valence electrons. The first-order valence-corrected chi connectivity index (χ1v) is 26.8. The topological polar surface area (TPSA) is 52.8 Å². The first kappa shape index (κ1) is 28.2. The first-order valence-electron chi connectivity index (χ1n) is 34.8. The smallest absolute Gasteiger partial charge is 0.238 e. The van der Waals surface area contributed by atoms with E-state index < -0.39 is 174 Å². The fraction of sp³-hybridized carbons (Fsp3) is 0.0282. The summed E-state index contributed by atoms with van der Waals surface area (Å²) in [6.07, 6.45) is 0. The van der Waals surface area contributed by atoms with Gasteiger partial charge in [-0.2, -0.15) is 9.97 Å². The van der Waals surface area contributed by atoms with Gasteiger partial charge in [0.15, 0.2) is 13.9 Å². The Morgan fingerprint density at radius 2 is 0.974 bits per heavy atom. The Bertz CT molecular complexity index is 5500. The van der Waals surface area contributed by atoms with Crippen molar-refractivity contribution in [3.8, 4) is 51.1 Å². The second kappa shape index (κ2) is 16.9. The third-order valence-corrected chi connectivity index (χ3v) is 19.9. The van der Waals surface area contributed by atoms with Crippen LogP contribution in [-0.4, -0.2) is 27.6 Å². The van der Waals surface area contributed by atoms with E-state index in [-0.39, 0.29) is 38.2 Å². The van der Waals surface area contributed by atoms with Gasteiger partial charge in [-0.05, 0) is 89.5 Å². The Kier molecular flexibility index (Phi) is 6.19. The quantitative estimate of drug-likeness (QED) is 0.118. The normalized spacial score (nSPS) is 17.2. The van der Waals surface area contributed by atoms with Crippen LogP contribution >= 0.6 is 0 Å². The fourth-order valence-electron chi connectivity index (χ4n) is 12.3. The number of aromatic nitrogens is 4. The van der Waals surface area contributed by atoms with E-state index in [2.05, 4.69) is 18.2 Å². The van der Waals surface area contributed by atoms with Gasteiger partial charge >= 0.3 is 0 Å². The number of hydrogen-bond donors (Lipinski definition) is 0. The molecule has 2 aliphatic carbocycles. The number of para-hydroxylation sites is 4. The Balaban J connectivity index is 1.07. The van der Waals surface area contributed by atoms with Gasteiger partial charge in [-0.1, -0.05) is 248 Å². The molecular formula is C71H46N4OSi. The average molecular weight is 1020 g/mol. The van der Waals surface area contributed by atoms with Crippen molar-refractivity contribution in [1.29, 1.82) is 0 Å². The van der Waals surface area contributed by atoms with Crippen molar-refractivity contribution in [3.63, 3.8) is 0 Å². The molecule has 0 amide bonds. The van der Waals surface area contributed by atoms with Crippen LogP contribution in [0.1, 0.15) is 72.5 Å². The largest absolute Gasteiger partial charge is 0.457 e. The van der Waals surface area contributed by atoms with Crippen molar-refractivity contribution >= 4 is 50.6 Å².